The molecule has 0 fully saturated rings. The van der Waals surface area contributed by atoms with Crippen molar-refractivity contribution in [1.82, 2.24) is 0 Å². The molecular formula is C45H87O8P. The van der Waals surface area contributed by atoms with Gasteiger partial charge in [0, 0.05) is 12.8 Å². The number of hydrogen-bond acceptors (Lipinski definition) is 7. The van der Waals surface area contributed by atoms with Crippen LogP contribution in [0.25, 0.3) is 0 Å². The maximum Gasteiger partial charge on any atom is 0.472 e. The molecule has 8 nitrogen and oxygen atoms in total. The third kappa shape index (κ3) is 40.5. The van der Waals surface area contributed by atoms with E-state index in [2.05, 4.69) is 26.0 Å². The van der Waals surface area contributed by atoms with Crippen LogP contribution in [0.2, 0.25) is 0 Å². The molecule has 54 heavy (non-hydrogen) atoms. The van der Waals surface area contributed by atoms with Crippen LogP contribution in [-0.2, 0) is 32.7 Å². The molecule has 2 unspecified atom stereocenters. The average molecular weight is 787 g/mol. The fourth-order valence-corrected chi connectivity index (χ4v) is 7.43. The molecule has 0 spiro atoms. The van der Waals surface area contributed by atoms with Gasteiger partial charge in [0.2, 0.25) is 0 Å². The van der Waals surface area contributed by atoms with Crippen molar-refractivity contribution in [2.45, 2.75) is 245 Å². The highest BCUT2D eigenvalue weighted by atomic mass is 31.2. The molecule has 0 saturated carbocycles. The van der Waals surface area contributed by atoms with Crippen LogP contribution in [0.5, 0.6) is 0 Å². The Hall–Kier alpha value is -1.21. The third-order valence-electron chi connectivity index (χ3n) is 10.1. The first-order valence-electron chi connectivity index (χ1n) is 23.0. The molecule has 0 radical (unpaired) electrons. The summed E-state index contributed by atoms with van der Waals surface area (Å²) in [4.78, 5) is 34.7. The number of phosphoric ester groups is 1. The van der Waals surface area contributed by atoms with Crippen LogP contribution in [0, 0.1) is 0 Å². The van der Waals surface area contributed by atoms with Gasteiger partial charge in [0.1, 0.15) is 6.61 Å². The van der Waals surface area contributed by atoms with Gasteiger partial charge in [0.05, 0.1) is 13.2 Å². The number of hydrogen-bond donors (Lipinski definition) is 1. The summed E-state index contributed by atoms with van der Waals surface area (Å²) in [6, 6.07) is 0. The Labute approximate surface area is 333 Å². The fourth-order valence-electron chi connectivity index (χ4n) is 6.67. The summed E-state index contributed by atoms with van der Waals surface area (Å²) < 4.78 is 32.6. The first kappa shape index (κ1) is 52.8. The molecular weight excluding hydrogens is 699 g/mol. The van der Waals surface area contributed by atoms with Crippen molar-refractivity contribution < 1.29 is 37.6 Å². The van der Waals surface area contributed by atoms with E-state index in [1.54, 1.807) is 6.92 Å². The van der Waals surface area contributed by atoms with Gasteiger partial charge >= 0.3 is 19.8 Å². The lowest BCUT2D eigenvalue weighted by Crippen LogP contribution is -2.29. The molecule has 0 aromatic carbocycles. The predicted molar refractivity (Wildman–Crippen MR) is 226 cm³/mol. The Morgan fingerprint density at radius 1 is 0.481 bits per heavy atom. The lowest BCUT2D eigenvalue weighted by Gasteiger charge is -2.19. The summed E-state index contributed by atoms with van der Waals surface area (Å²) >= 11 is 0. The summed E-state index contributed by atoms with van der Waals surface area (Å²) in [6.07, 6.45) is 44.3. The molecule has 9 heteroatoms. The zero-order valence-electron chi connectivity index (χ0n) is 35.6. The minimum absolute atomic E-state index is 0.00191. The zero-order valence-corrected chi connectivity index (χ0v) is 36.5. The van der Waals surface area contributed by atoms with Crippen LogP contribution in [0.3, 0.4) is 0 Å². The summed E-state index contributed by atoms with van der Waals surface area (Å²) in [5.41, 5.74) is 0. The van der Waals surface area contributed by atoms with Crippen molar-refractivity contribution in [2.75, 3.05) is 19.8 Å². The van der Waals surface area contributed by atoms with Crippen molar-refractivity contribution in [2.24, 2.45) is 0 Å². The number of rotatable bonds is 43. The highest BCUT2D eigenvalue weighted by molar-refractivity contribution is 7.47. The number of esters is 2. The summed E-state index contributed by atoms with van der Waals surface area (Å²) in [5.74, 6) is -0.797. The Morgan fingerprint density at radius 3 is 1.28 bits per heavy atom. The zero-order chi connectivity index (χ0) is 39.6. The molecule has 0 aromatic rings. The van der Waals surface area contributed by atoms with Gasteiger partial charge < -0.3 is 14.4 Å². The van der Waals surface area contributed by atoms with Gasteiger partial charge in [0.15, 0.2) is 6.10 Å². The Morgan fingerprint density at radius 2 is 0.852 bits per heavy atom. The minimum Gasteiger partial charge on any atom is -0.462 e. The molecule has 0 heterocycles. The van der Waals surface area contributed by atoms with Crippen molar-refractivity contribution in [3.05, 3.63) is 12.2 Å². The van der Waals surface area contributed by atoms with Gasteiger partial charge in [-0.15, -0.1) is 0 Å². The lowest BCUT2D eigenvalue weighted by molar-refractivity contribution is -0.161. The average Bonchev–Trinajstić information content (AvgIpc) is 3.15. The van der Waals surface area contributed by atoms with Crippen LogP contribution >= 0.6 is 7.82 Å². The van der Waals surface area contributed by atoms with E-state index in [1.165, 1.54) is 141 Å². The number of phosphoric acid groups is 1. The van der Waals surface area contributed by atoms with Gasteiger partial charge in [-0.1, -0.05) is 199 Å². The van der Waals surface area contributed by atoms with Crippen molar-refractivity contribution >= 4 is 19.8 Å². The molecule has 0 rings (SSSR count). The Balaban J connectivity index is 3.90. The van der Waals surface area contributed by atoms with Gasteiger partial charge in [0.25, 0.3) is 0 Å². The number of unbranched alkanes of at least 4 members (excludes halogenated alkanes) is 29. The Bertz CT molecular complexity index is 895. The second kappa shape index (κ2) is 41.4. The minimum atomic E-state index is -4.27. The maximum absolute atomic E-state index is 12.5. The van der Waals surface area contributed by atoms with Crippen LogP contribution in [0.1, 0.15) is 239 Å². The van der Waals surface area contributed by atoms with Crippen LogP contribution < -0.4 is 0 Å². The molecule has 320 valence electrons. The summed E-state index contributed by atoms with van der Waals surface area (Å²) in [6.45, 7) is 5.46. The molecule has 1 N–H and O–H groups in total. The molecule has 0 saturated heterocycles. The van der Waals surface area contributed by atoms with E-state index in [0.717, 1.165) is 57.8 Å². The molecule has 0 aliphatic carbocycles. The van der Waals surface area contributed by atoms with Gasteiger partial charge in [-0.05, 0) is 39.0 Å². The van der Waals surface area contributed by atoms with Crippen LogP contribution in [-0.4, -0.2) is 42.8 Å². The van der Waals surface area contributed by atoms with Crippen molar-refractivity contribution in [3.8, 4) is 0 Å². The smallest absolute Gasteiger partial charge is 0.462 e. The SMILES string of the molecule is CCCC/C=C\CCCCCCCC(=O)OC(COC(=O)CCCCCCCCCCCCCCCCCCCCCCCCC)COP(=O)(O)OCC. The van der Waals surface area contributed by atoms with Gasteiger partial charge in [-0.2, -0.15) is 0 Å². The highest BCUT2D eigenvalue weighted by Gasteiger charge is 2.25. The molecule has 0 bridgehead atoms. The second-order valence-corrected chi connectivity index (χ2v) is 16.9. The standard InChI is InChI=1S/C45H87O8P/c1-4-7-9-11-13-15-17-18-19-20-21-22-23-24-25-26-27-28-30-31-33-35-37-39-44(46)50-41-43(42-52-54(48,49)51-6-3)53-45(47)40-38-36-34-32-29-16-14-12-10-8-5-2/h12,14,43H,4-11,13,15-42H2,1-3H3,(H,48,49)/b14-12-. The molecule has 0 aromatic heterocycles. The van der Waals surface area contributed by atoms with E-state index in [0.29, 0.717) is 12.8 Å². The van der Waals surface area contributed by atoms with E-state index in [9.17, 15) is 19.0 Å². The largest absolute Gasteiger partial charge is 0.472 e. The van der Waals surface area contributed by atoms with E-state index >= 15 is 0 Å². The molecule has 0 aliphatic heterocycles. The summed E-state index contributed by atoms with van der Waals surface area (Å²) in [5, 5.41) is 0. The van der Waals surface area contributed by atoms with Crippen LogP contribution in [0.15, 0.2) is 12.2 Å². The topological polar surface area (TPSA) is 108 Å². The van der Waals surface area contributed by atoms with Gasteiger partial charge in [-0.3, -0.25) is 18.6 Å². The van der Waals surface area contributed by atoms with Crippen molar-refractivity contribution in [3.63, 3.8) is 0 Å². The highest BCUT2D eigenvalue weighted by Crippen LogP contribution is 2.43. The Kier molecular flexibility index (Phi) is 40.5. The number of ether oxygens (including phenoxy) is 2. The first-order chi connectivity index (χ1) is 26.3. The molecule has 0 amide bonds. The molecule has 2 atom stereocenters. The second-order valence-electron chi connectivity index (χ2n) is 15.4. The third-order valence-corrected chi connectivity index (χ3v) is 11.1. The van der Waals surface area contributed by atoms with Gasteiger partial charge in [-0.25, -0.2) is 4.57 Å². The number of carbonyl (C=O) groups excluding carboxylic acids is 2. The van der Waals surface area contributed by atoms with E-state index in [1.807, 2.05) is 0 Å². The first-order valence-corrected chi connectivity index (χ1v) is 24.5. The number of allylic oxidation sites excluding steroid dienone is 2. The fraction of sp³-hybridized carbons (Fsp3) is 0.911. The normalized spacial score (nSPS) is 13.3. The lowest BCUT2D eigenvalue weighted by atomic mass is 10.0. The predicted octanol–water partition coefficient (Wildman–Crippen LogP) is 14.5. The quantitative estimate of drug-likeness (QED) is 0.0282. The number of carbonyl (C=O) groups is 2. The maximum atomic E-state index is 12.5. The van der Waals surface area contributed by atoms with E-state index < -0.39 is 26.5 Å². The van der Waals surface area contributed by atoms with E-state index in [-0.39, 0.29) is 25.6 Å². The van der Waals surface area contributed by atoms with Crippen LogP contribution in [0.4, 0.5) is 0 Å². The molecule has 0 aliphatic rings. The monoisotopic (exact) mass is 787 g/mol. The van der Waals surface area contributed by atoms with Crippen molar-refractivity contribution in [1.29, 1.82) is 0 Å². The van der Waals surface area contributed by atoms with E-state index in [4.69, 9.17) is 18.5 Å². The summed E-state index contributed by atoms with van der Waals surface area (Å²) in [7, 11) is -4.27.